The fraction of sp³-hybridized carbons (Fsp3) is 0.650. The fourth-order valence-electron chi connectivity index (χ4n) is 3.67. The number of hydrogen-bond donors (Lipinski definition) is 1. The number of fused-ring (bicyclic) bond motifs is 3. The van der Waals surface area contributed by atoms with E-state index in [1.54, 1.807) is 13.3 Å². The topological polar surface area (TPSA) is 80.1 Å². The summed E-state index contributed by atoms with van der Waals surface area (Å²) in [6, 6.07) is 2.55. The van der Waals surface area contributed by atoms with E-state index in [9.17, 15) is 0 Å². The van der Waals surface area contributed by atoms with Crippen molar-refractivity contribution in [3.8, 4) is 11.9 Å². The minimum atomic E-state index is -0.259. The Hall–Kier alpha value is -1.75. The van der Waals surface area contributed by atoms with E-state index in [4.69, 9.17) is 10.00 Å². The summed E-state index contributed by atoms with van der Waals surface area (Å²) in [4.78, 5) is 11.5. The monoisotopic (exact) mass is 388 g/mol. The van der Waals surface area contributed by atoms with Crippen LogP contribution in [0.5, 0.6) is 5.88 Å². The molecule has 0 bridgehead atoms. The van der Waals surface area contributed by atoms with Crippen molar-refractivity contribution in [3.05, 3.63) is 16.8 Å². The molecule has 2 aromatic heterocycles. The van der Waals surface area contributed by atoms with Gasteiger partial charge in [0, 0.05) is 18.0 Å². The molecule has 7 heteroatoms. The zero-order chi connectivity index (χ0) is 19.2. The highest BCUT2D eigenvalue weighted by Gasteiger charge is 2.25. The van der Waals surface area contributed by atoms with Crippen molar-refractivity contribution in [2.45, 2.75) is 70.1 Å². The number of methoxy groups -OCH3 is 1. The van der Waals surface area contributed by atoms with E-state index in [1.807, 2.05) is 17.4 Å². The number of nitrogens with zero attached hydrogens (tertiary/aromatic N) is 3. The average molecular weight is 389 g/mol. The number of hydrogen-bond acceptors (Lipinski definition) is 7. The van der Waals surface area contributed by atoms with Gasteiger partial charge < -0.3 is 14.8 Å². The van der Waals surface area contributed by atoms with Gasteiger partial charge in [-0.2, -0.15) is 5.26 Å². The van der Waals surface area contributed by atoms with Crippen molar-refractivity contribution < 1.29 is 9.47 Å². The standard InChI is InChI=1S/C16H21N3OS.C4H7NO/c1-17-10-5-7-11(8-6-10)20-15-14-12-3-2-4-13(12)21-16(14)19-9-18-15;1-4(3-5)6-2/h9-11,17H,2-8H2,1H3;4H,1-2H3/t;4-/m.0/s1. The molecule has 0 unspecified atom stereocenters. The van der Waals surface area contributed by atoms with Gasteiger partial charge in [0.15, 0.2) is 0 Å². The number of aryl methyl sites for hydroxylation is 2. The van der Waals surface area contributed by atoms with E-state index < -0.39 is 0 Å². The first-order valence-electron chi connectivity index (χ1n) is 9.67. The van der Waals surface area contributed by atoms with E-state index in [1.165, 1.54) is 48.6 Å². The second-order valence-corrected chi connectivity index (χ2v) is 8.19. The van der Waals surface area contributed by atoms with Gasteiger partial charge in [-0.1, -0.05) is 0 Å². The Labute approximate surface area is 164 Å². The van der Waals surface area contributed by atoms with E-state index in [0.717, 1.165) is 30.0 Å². The first-order chi connectivity index (χ1) is 13.2. The van der Waals surface area contributed by atoms with Gasteiger partial charge in [0.25, 0.3) is 0 Å². The molecule has 2 aromatic rings. The van der Waals surface area contributed by atoms with E-state index >= 15 is 0 Å². The average Bonchev–Trinajstić information content (AvgIpc) is 3.30. The minimum Gasteiger partial charge on any atom is -0.474 e. The van der Waals surface area contributed by atoms with E-state index in [0.29, 0.717) is 12.1 Å². The Morgan fingerprint density at radius 3 is 2.67 bits per heavy atom. The normalized spacial score (nSPS) is 22.4. The highest BCUT2D eigenvalue weighted by atomic mass is 32.1. The number of thiophene rings is 1. The molecule has 6 nitrogen and oxygen atoms in total. The second kappa shape index (κ2) is 9.45. The van der Waals surface area contributed by atoms with Crippen LogP contribution >= 0.6 is 11.3 Å². The molecule has 0 amide bonds. The molecule has 1 N–H and O–H groups in total. The highest BCUT2D eigenvalue weighted by molar-refractivity contribution is 7.18. The van der Waals surface area contributed by atoms with Gasteiger partial charge in [-0.05, 0) is 64.5 Å². The van der Waals surface area contributed by atoms with Crippen molar-refractivity contribution in [3.63, 3.8) is 0 Å². The molecule has 27 heavy (non-hydrogen) atoms. The molecule has 2 heterocycles. The molecule has 2 aliphatic rings. The zero-order valence-corrected chi connectivity index (χ0v) is 17.1. The van der Waals surface area contributed by atoms with Crippen molar-refractivity contribution >= 4 is 21.6 Å². The van der Waals surface area contributed by atoms with Crippen LogP contribution in [0, 0.1) is 11.3 Å². The maximum Gasteiger partial charge on any atom is 0.225 e. The van der Waals surface area contributed by atoms with Crippen LogP contribution < -0.4 is 10.1 Å². The minimum absolute atomic E-state index is 0.259. The molecule has 0 aliphatic heterocycles. The van der Waals surface area contributed by atoms with Gasteiger partial charge in [0.1, 0.15) is 23.4 Å². The van der Waals surface area contributed by atoms with Crippen LogP contribution in [0.4, 0.5) is 0 Å². The highest BCUT2D eigenvalue weighted by Crippen LogP contribution is 2.40. The summed E-state index contributed by atoms with van der Waals surface area (Å²) in [5, 5.41) is 12.5. The smallest absolute Gasteiger partial charge is 0.225 e. The molecule has 1 saturated carbocycles. The molecule has 1 atom stereocenters. The van der Waals surface area contributed by atoms with Crippen LogP contribution in [0.3, 0.4) is 0 Å². The second-order valence-electron chi connectivity index (χ2n) is 7.10. The summed E-state index contributed by atoms with van der Waals surface area (Å²) >= 11 is 1.83. The van der Waals surface area contributed by atoms with E-state index in [-0.39, 0.29) is 6.10 Å². The van der Waals surface area contributed by atoms with Gasteiger partial charge in [0.05, 0.1) is 11.5 Å². The number of nitriles is 1. The van der Waals surface area contributed by atoms with Crippen molar-refractivity contribution in [2.24, 2.45) is 0 Å². The maximum atomic E-state index is 7.96. The Bertz CT molecular complexity index is 793. The van der Waals surface area contributed by atoms with Crippen LogP contribution in [-0.4, -0.2) is 42.4 Å². The van der Waals surface area contributed by atoms with E-state index in [2.05, 4.69) is 27.1 Å². The summed E-state index contributed by atoms with van der Waals surface area (Å²) in [5.41, 5.74) is 1.45. The lowest BCUT2D eigenvalue weighted by atomic mass is 9.93. The summed E-state index contributed by atoms with van der Waals surface area (Å²) in [6.45, 7) is 1.69. The molecule has 0 spiro atoms. The van der Waals surface area contributed by atoms with Crippen LogP contribution in [0.1, 0.15) is 49.5 Å². The summed E-state index contributed by atoms with van der Waals surface area (Å²) in [5.74, 6) is 0.826. The third-order valence-electron chi connectivity index (χ3n) is 5.36. The largest absolute Gasteiger partial charge is 0.474 e. The Morgan fingerprint density at radius 1 is 1.26 bits per heavy atom. The molecule has 146 valence electrons. The Balaban J connectivity index is 0.000000307. The quantitative estimate of drug-likeness (QED) is 0.861. The van der Waals surface area contributed by atoms with Crippen LogP contribution in [-0.2, 0) is 17.6 Å². The zero-order valence-electron chi connectivity index (χ0n) is 16.3. The fourth-order valence-corrected chi connectivity index (χ4v) is 4.89. The van der Waals surface area contributed by atoms with Crippen LogP contribution in [0.15, 0.2) is 6.33 Å². The van der Waals surface area contributed by atoms with Gasteiger partial charge in [0.2, 0.25) is 5.88 Å². The molecular formula is C20H28N4O2S. The molecule has 1 fully saturated rings. The van der Waals surface area contributed by atoms with Gasteiger partial charge >= 0.3 is 0 Å². The third kappa shape index (κ3) is 4.75. The van der Waals surface area contributed by atoms with Crippen molar-refractivity contribution in [2.75, 3.05) is 14.2 Å². The number of aromatic nitrogens is 2. The molecule has 0 radical (unpaired) electrons. The van der Waals surface area contributed by atoms with Gasteiger partial charge in [-0.25, -0.2) is 9.97 Å². The summed E-state index contributed by atoms with van der Waals surface area (Å²) in [7, 11) is 3.56. The summed E-state index contributed by atoms with van der Waals surface area (Å²) < 4.78 is 10.8. The molecule has 2 aliphatic carbocycles. The Morgan fingerprint density at radius 2 is 2.04 bits per heavy atom. The predicted octanol–water partition coefficient (Wildman–Crippen LogP) is 3.63. The van der Waals surface area contributed by atoms with Crippen LogP contribution in [0.2, 0.25) is 0 Å². The lowest BCUT2D eigenvalue weighted by Crippen LogP contribution is -2.34. The molecular weight excluding hydrogens is 360 g/mol. The molecule has 4 rings (SSSR count). The van der Waals surface area contributed by atoms with Gasteiger partial charge in [-0.3, -0.25) is 0 Å². The SMILES string of the molecule is CNC1CCC(Oc2ncnc3sc4c(c23)CCC4)CC1.CO[C@@H](C)C#N. The van der Waals surface area contributed by atoms with Crippen molar-refractivity contribution in [1.29, 1.82) is 5.26 Å². The first kappa shape index (κ1) is 20.0. The van der Waals surface area contributed by atoms with Crippen molar-refractivity contribution in [1.82, 2.24) is 15.3 Å². The molecule has 0 saturated heterocycles. The summed E-state index contributed by atoms with van der Waals surface area (Å²) in [6.07, 6.45) is 9.94. The number of ether oxygens (including phenoxy) is 2. The number of nitrogens with one attached hydrogen (secondary N) is 1. The number of rotatable bonds is 4. The maximum absolute atomic E-state index is 7.96. The lowest BCUT2D eigenvalue weighted by molar-refractivity contribution is 0.138. The third-order valence-corrected chi connectivity index (χ3v) is 6.56. The van der Waals surface area contributed by atoms with Gasteiger partial charge in [-0.15, -0.1) is 11.3 Å². The predicted molar refractivity (Wildman–Crippen MR) is 107 cm³/mol. The Kier molecular flexibility index (Phi) is 7.00. The lowest BCUT2D eigenvalue weighted by Gasteiger charge is -2.28. The van der Waals surface area contributed by atoms with Crippen LogP contribution in [0.25, 0.3) is 10.2 Å². The molecule has 0 aromatic carbocycles. The first-order valence-corrected chi connectivity index (χ1v) is 10.5.